The summed E-state index contributed by atoms with van der Waals surface area (Å²) < 4.78 is 0. The first-order valence-electron chi connectivity index (χ1n) is 6.60. The third kappa shape index (κ3) is 3.33. The Morgan fingerprint density at radius 3 is 2.68 bits per heavy atom. The molecule has 19 heavy (non-hydrogen) atoms. The van der Waals surface area contributed by atoms with Crippen LogP contribution in [-0.4, -0.2) is 30.4 Å². The predicted octanol–water partition coefficient (Wildman–Crippen LogP) is 1.83. The van der Waals surface area contributed by atoms with Crippen molar-refractivity contribution in [2.45, 2.75) is 31.8 Å². The minimum Gasteiger partial charge on any atom is -0.344 e. The van der Waals surface area contributed by atoms with E-state index < -0.39 is 0 Å². The number of nitrogens with zero attached hydrogens (tertiary/aromatic N) is 2. The van der Waals surface area contributed by atoms with Gasteiger partial charge < -0.3 is 10.2 Å². The monoisotopic (exact) mass is 257 g/mol. The molecule has 0 bridgehead atoms. The summed E-state index contributed by atoms with van der Waals surface area (Å²) in [6, 6.07) is 10.3. The van der Waals surface area contributed by atoms with Crippen molar-refractivity contribution in [1.82, 2.24) is 10.2 Å². The summed E-state index contributed by atoms with van der Waals surface area (Å²) in [6.45, 7) is 2.87. The maximum Gasteiger partial charge on any atom is 0.222 e. The van der Waals surface area contributed by atoms with E-state index in [0.29, 0.717) is 18.0 Å². The van der Waals surface area contributed by atoms with Gasteiger partial charge in [0.2, 0.25) is 5.91 Å². The van der Waals surface area contributed by atoms with Crippen molar-refractivity contribution in [1.29, 1.82) is 5.26 Å². The van der Waals surface area contributed by atoms with Gasteiger partial charge in [-0.3, -0.25) is 4.79 Å². The third-order valence-electron chi connectivity index (χ3n) is 3.65. The zero-order valence-corrected chi connectivity index (χ0v) is 11.4. The molecule has 1 aliphatic rings. The highest BCUT2D eigenvalue weighted by Gasteiger charge is 2.23. The predicted molar refractivity (Wildman–Crippen MR) is 73.4 cm³/mol. The molecule has 2 atom stereocenters. The number of carbonyl (C=O) groups excluding carboxylic acids is 1. The van der Waals surface area contributed by atoms with Gasteiger partial charge in [0.25, 0.3) is 0 Å². The molecule has 4 nitrogen and oxygen atoms in total. The Morgan fingerprint density at radius 1 is 1.42 bits per heavy atom. The van der Waals surface area contributed by atoms with Gasteiger partial charge in [0.1, 0.15) is 0 Å². The number of likely N-dealkylation sites (N-methyl/N-ethyl adjacent to an activating group) is 1. The molecule has 4 heteroatoms. The molecule has 1 heterocycles. The molecule has 1 aliphatic heterocycles. The molecule has 0 aromatic heterocycles. The van der Waals surface area contributed by atoms with Crippen LogP contribution < -0.4 is 5.32 Å². The van der Waals surface area contributed by atoms with Crippen LogP contribution in [0.3, 0.4) is 0 Å². The molecular formula is C15H19N3O. The molecule has 1 amide bonds. The molecule has 0 aliphatic carbocycles. The van der Waals surface area contributed by atoms with Crippen molar-refractivity contribution in [2.75, 3.05) is 13.6 Å². The van der Waals surface area contributed by atoms with E-state index in [2.05, 4.69) is 18.3 Å². The lowest BCUT2D eigenvalue weighted by atomic mass is 10.0. The zero-order chi connectivity index (χ0) is 13.8. The minimum absolute atomic E-state index is 0.222. The van der Waals surface area contributed by atoms with Crippen LogP contribution in [0.15, 0.2) is 24.3 Å². The van der Waals surface area contributed by atoms with Crippen LogP contribution in [0.1, 0.15) is 36.9 Å². The van der Waals surface area contributed by atoms with Gasteiger partial charge in [-0.15, -0.1) is 0 Å². The van der Waals surface area contributed by atoms with Gasteiger partial charge in [-0.2, -0.15) is 5.26 Å². The Labute approximate surface area is 114 Å². The molecule has 0 radical (unpaired) electrons. The van der Waals surface area contributed by atoms with E-state index in [9.17, 15) is 4.79 Å². The van der Waals surface area contributed by atoms with Crippen LogP contribution >= 0.6 is 0 Å². The maximum atomic E-state index is 11.4. The Kier molecular flexibility index (Phi) is 4.18. The molecule has 2 unspecified atom stereocenters. The quantitative estimate of drug-likeness (QED) is 0.898. The Bertz CT molecular complexity index is 489. The number of hydrogen-bond acceptors (Lipinski definition) is 3. The fraction of sp³-hybridized carbons (Fsp3) is 0.467. The lowest BCUT2D eigenvalue weighted by molar-refractivity contribution is -0.132. The molecule has 1 aromatic rings. The number of hydrogen-bond donors (Lipinski definition) is 1. The van der Waals surface area contributed by atoms with Gasteiger partial charge in [0, 0.05) is 32.1 Å². The zero-order valence-electron chi connectivity index (χ0n) is 11.4. The van der Waals surface area contributed by atoms with Gasteiger partial charge in [-0.05, 0) is 31.0 Å². The molecule has 100 valence electrons. The average Bonchev–Trinajstić information content (AvgIpc) is 2.43. The second-order valence-corrected chi connectivity index (χ2v) is 5.13. The first-order chi connectivity index (χ1) is 9.10. The summed E-state index contributed by atoms with van der Waals surface area (Å²) >= 11 is 0. The normalized spacial score (nSPS) is 21.0. The van der Waals surface area contributed by atoms with Crippen LogP contribution in [0.2, 0.25) is 0 Å². The van der Waals surface area contributed by atoms with Gasteiger partial charge in [0.15, 0.2) is 0 Å². The van der Waals surface area contributed by atoms with Crippen LogP contribution in [0.5, 0.6) is 0 Å². The van der Waals surface area contributed by atoms with Crippen molar-refractivity contribution in [3.63, 3.8) is 0 Å². The highest BCUT2D eigenvalue weighted by atomic mass is 16.2. The van der Waals surface area contributed by atoms with Crippen molar-refractivity contribution >= 4 is 5.91 Å². The van der Waals surface area contributed by atoms with E-state index in [1.807, 2.05) is 31.3 Å². The van der Waals surface area contributed by atoms with Crippen LogP contribution in [-0.2, 0) is 4.79 Å². The SMILES string of the molecule is CC(NC1CCC(=O)N(C)C1)c1ccc(C#N)cc1. The van der Waals surface area contributed by atoms with E-state index >= 15 is 0 Å². The lowest BCUT2D eigenvalue weighted by Gasteiger charge is -2.32. The fourth-order valence-electron chi connectivity index (χ4n) is 2.44. The van der Waals surface area contributed by atoms with E-state index in [-0.39, 0.29) is 11.9 Å². The summed E-state index contributed by atoms with van der Waals surface area (Å²) in [7, 11) is 1.85. The molecule has 2 rings (SSSR count). The third-order valence-corrected chi connectivity index (χ3v) is 3.65. The minimum atomic E-state index is 0.222. The second kappa shape index (κ2) is 5.85. The number of benzene rings is 1. The smallest absolute Gasteiger partial charge is 0.222 e. The Hall–Kier alpha value is -1.86. The van der Waals surface area contributed by atoms with Crippen LogP contribution in [0, 0.1) is 11.3 Å². The van der Waals surface area contributed by atoms with Crippen molar-refractivity contribution in [3.05, 3.63) is 35.4 Å². The van der Waals surface area contributed by atoms with Crippen molar-refractivity contribution in [2.24, 2.45) is 0 Å². The molecule has 1 N–H and O–H groups in total. The van der Waals surface area contributed by atoms with Crippen molar-refractivity contribution in [3.8, 4) is 6.07 Å². The largest absolute Gasteiger partial charge is 0.344 e. The summed E-state index contributed by atoms with van der Waals surface area (Å²) in [5, 5.41) is 12.3. The standard InChI is InChI=1S/C15H19N3O/c1-11(13-5-3-12(9-16)4-6-13)17-14-7-8-15(19)18(2)10-14/h3-6,11,14,17H,7-8,10H2,1-2H3. The lowest BCUT2D eigenvalue weighted by Crippen LogP contribution is -2.47. The number of likely N-dealkylation sites (tertiary alicyclic amines) is 1. The van der Waals surface area contributed by atoms with Gasteiger partial charge in [-0.1, -0.05) is 12.1 Å². The number of nitriles is 1. The molecule has 0 spiro atoms. The highest BCUT2D eigenvalue weighted by Crippen LogP contribution is 2.17. The van der Waals surface area contributed by atoms with Crippen molar-refractivity contribution < 1.29 is 4.79 Å². The maximum absolute atomic E-state index is 11.4. The van der Waals surface area contributed by atoms with E-state index in [0.717, 1.165) is 13.0 Å². The number of piperidine rings is 1. The van der Waals surface area contributed by atoms with E-state index in [1.165, 1.54) is 5.56 Å². The van der Waals surface area contributed by atoms with Gasteiger partial charge in [0.05, 0.1) is 11.6 Å². The number of rotatable bonds is 3. The van der Waals surface area contributed by atoms with Gasteiger partial charge in [-0.25, -0.2) is 0 Å². The molecule has 1 saturated heterocycles. The van der Waals surface area contributed by atoms with E-state index in [4.69, 9.17) is 5.26 Å². The molecule has 1 fully saturated rings. The summed E-state index contributed by atoms with van der Waals surface area (Å²) in [5.41, 5.74) is 1.84. The Balaban J connectivity index is 1.95. The fourth-order valence-corrected chi connectivity index (χ4v) is 2.44. The van der Waals surface area contributed by atoms with E-state index in [1.54, 1.807) is 4.90 Å². The summed E-state index contributed by atoms with van der Waals surface area (Å²) in [6.07, 6.45) is 1.51. The summed E-state index contributed by atoms with van der Waals surface area (Å²) in [5.74, 6) is 0.226. The first kappa shape index (κ1) is 13.6. The second-order valence-electron chi connectivity index (χ2n) is 5.13. The Morgan fingerprint density at radius 2 is 2.11 bits per heavy atom. The molecular weight excluding hydrogens is 238 g/mol. The van der Waals surface area contributed by atoms with Gasteiger partial charge >= 0.3 is 0 Å². The molecule has 0 saturated carbocycles. The molecule has 1 aromatic carbocycles. The number of nitrogens with one attached hydrogen (secondary N) is 1. The summed E-state index contributed by atoms with van der Waals surface area (Å²) in [4.78, 5) is 13.2. The average molecular weight is 257 g/mol. The number of carbonyl (C=O) groups is 1. The van der Waals surface area contributed by atoms with Crippen LogP contribution in [0.25, 0.3) is 0 Å². The topological polar surface area (TPSA) is 56.1 Å². The highest BCUT2D eigenvalue weighted by molar-refractivity contribution is 5.76. The first-order valence-corrected chi connectivity index (χ1v) is 6.60. The van der Waals surface area contributed by atoms with Crippen LogP contribution in [0.4, 0.5) is 0 Å². The number of amides is 1.